The molecule has 2 saturated heterocycles. The van der Waals surface area contributed by atoms with E-state index in [2.05, 4.69) is 24.0 Å². The molecule has 2 aliphatic rings. The van der Waals surface area contributed by atoms with Crippen LogP contribution in [-0.2, 0) is 9.53 Å². The molecule has 2 aromatic rings. The SMILES string of the molecule is CC1(C)C[C@@H](C(=O)N2CCC[C@@H]2c2nc(-c3ccccc3)no2)CCO1. The Morgan fingerprint density at radius 2 is 2.04 bits per heavy atom. The average Bonchev–Trinajstić information content (AvgIpc) is 3.30. The van der Waals surface area contributed by atoms with E-state index in [1.54, 1.807) is 0 Å². The van der Waals surface area contributed by atoms with Crippen molar-refractivity contribution in [2.24, 2.45) is 5.92 Å². The van der Waals surface area contributed by atoms with Gasteiger partial charge in [-0.05, 0) is 39.5 Å². The first-order valence-electron chi connectivity index (χ1n) is 9.37. The third-order valence-electron chi connectivity index (χ3n) is 5.34. The zero-order valence-electron chi connectivity index (χ0n) is 15.4. The molecule has 1 aromatic carbocycles. The molecule has 2 fully saturated rings. The minimum Gasteiger partial charge on any atom is -0.376 e. The zero-order chi connectivity index (χ0) is 18.1. The first-order valence-corrected chi connectivity index (χ1v) is 9.37. The molecule has 6 nitrogen and oxygen atoms in total. The number of likely N-dealkylation sites (tertiary alicyclic amines) is 1. The van der Waals surface area contributed by atoms with Crippen LogP contribution in [0.15, 0.2) is 34.9 Å². The molecule has 0 saturated carbocycles. The molecule has 0 bridgehead atoms. The van der Waals surface area contributed by atoms with Crippen LogP contribution in [0.4, 0.5) is 0 Å². The highest BCUT2D eigenvalue weighted by Crippen LogP contribution is 2.36. The van der Waals surface area contributed by atoms with Gasteiger partial charge in [0, 0.05) is 24.6 Å². The lowest BCUT2D eigenvalue weighted by Gasteiger charge is -2.37. The van der Waals surface area contributed by atoms with Gasteiger partial charge in [-0.2, -0.15) is 4.98 Å². The van der Waals surface area contributed by atoms with Crippen LogP contribution in [0, 0.1) is 5.92 Å². The van der Waals surface area contributed by atoms with Crippen molar-refractivity contribution in [3.63, 3.8) is 0 Å². The quantitative estimate of drug-likeness (QED) is 0.841. The second-order valence-electron chi connectivity index (χ2n) is 7.81. The lowest BCUT2D eigenvalue weighted by atomic mass is 9.87. The van der Waals surface area contributed by atoms with Crippen LogP contribution >= 0.6 is 0 Å². The first kappa shape index (κ1) is 17.2. The molecule has 138 valence electrons. The van der Waals surface area contributed by atoms with Gasteiger partial charge in [-0.25, -0.2) is 0 Å². The third-order valence-corrected chi connectivity index (χ3v) is 5.34. The summed E-state index contributed by atoms with van der Waals surface area (Å²) in [5, 5.41) is 4.12. The second-order valence-corrected chi connectivity index (χ2v) is 7.81. The molecule has 0 radical (unpaired) electrons. The van der Waals surface area contributed by atoms with E-state index >= 15 is 0 Å². The summed E-state index contributed by atoms with van der Waals surface area (Å²) < 4.78 is 11.3. The van der Waals surface area contributed by atoms with Crippen molar-refractivity contribution in [1.29, 1.82) is 0 Å². The Labute approximate surface area is 153 Å². The summed E-state index contributed by atoms with van der Waals surface area (Å²) in [7, 11) is 0. The normalized spacial score (nSPS) is 25.4. The van der Waals surface area contributed by atoms with Gasteiger partial charge in [0.15, 0.2) is 0 Å². The van der Waals surface area contributed by atoms with Gasteiger partial charge >= 0.3 is 0 Å². The Kier molecular flexibility index (Phi) is 4.53. The van der Waals surface area contributed by atoms with Crippen LogP contribution in [0.5, 0.6) is 0 Å². The summed E-state index contributed by atoms with van der Waals surface area (Å²) in [4.78, 5) is 19.6. The van der Waals surface area contributed by atoms with Crippen LogP contribution in [0.3, 0.4) is 0 Å². The highest BCUT2D eigenvalue weighted by atomic mass is 16.5. The molecule has 6 heteroatoms. The summed E-state index contributed by atoms with van der Waals surface area (Å²) >= 11 is 0. The molecule has 1 aromatic heterocycles. The summed E-state index contributed by atoms with van der Waals surface area (Å²) in [6.07, 6.45) is 3.37. The van der Waals surface area contributed by atoms with Gasteiger partial charge in [0.05, 0.1) is 5.60 Å². The van der Waals surface area contributed by atoms with Crippen molar-refractivity contribution in [2.45, 2.75) is 51.2 Å². The number of hydrogen-bond donors (Lipinski definition) is 0. The summed E-state index contributed by atoms with van der Waals surface area (Å²) in [6, 6.07) is 9.65. The molecule has 1 amide bonds. The highest BCUT2D eigenvalue weighted by Gasteiger charge is 2.40. The maximum Gasteiger partial charge on any atom is 0.249 e. The molecule has 3 heterocycles. The number of carbonyl (C=O) groups excluding carboxylic acids is 1. The number of carbonyl (C=O) groups is 1. The van der Waals surface area contributed by atoms with Crippen LogP contribution in [-0.4, -0.2) is 39.7 Å². The van der Waals surface area contributed by atoms with Crippen molar-refractivity contribution in [3.05, 3.63) is 36.2 Å². The molecule has 0 spiro atoms. The van der Waals surface area contributed by atoms with E-state index in [0.29, 0.717) is 18.3 Å². The molecule has 2 aliphatic heterocycles. The second kappa shape index (κ2) is 6.83. The Balaban J connectivity index is 1.52. The molecule has 0 unspecified atom stereocenters. The van der Waals surface area contributed by atoms with Crippen LogP contribution < -0.4 is 0 Å². The van der Waals surface area contributed by atoms with Crippen LogP contribution in [0.1, 0.15) is 51.5 Å². The van der Waals surface area contributed by atoms with E-state index in [1.165, 1.54) is 0 Å². The number of amides is 1. The van der Waals surface area contributed by atoms with E-state index in [4.69, 9.17) is 9.26 Å². The lowest BCUT2D eigenvalue weighted by molar-refractivity contribution is -0.146. The fourth-order valence-corrected chi connectivity index (χ4v) is 4.04. The number of nitrogens with zero attached hydrogens (tertiary/aromatic N) is 3. The smallest absolute Gasteiger partial charge is 0.249 e. The Morgan fingerprint density at radius 3 is 2.81 bits per heavy atom. The van der Waals surface area contributed by atoms with Gasteiger partial charge in [0.25, 0.3) is 0 Å². The van der Waals surface area contributed by atoms with E-state index < -0.39 is 0 Å². The van der Waals surface area contributed by atoms with Crippen molar-refractivity contribution >= 4 is 5.91 Å². The highest BCUT2D eigenvalue weighted by molar-refractivity contribution is 5.79. The van der Waals surface area contributed by atoms with Gasteiger partial charge in [-0.1, -0.05) is 35.5 Å². The fraction of sp³-hybridized carbons (Fsp3) is 0.550. The molecular formula is C20H25N3O3. The predicted octanol–water partition coefficient (Wildman–Crippen LogP) is 3.61. The minimum atomic E-state index is -0.237. The summed E-state index contributed by atoms with van der Waals surface area (Å²) in [5.74, 6) is 1.33. The van der Waals surface area contributed by atoms with Gasteiger partial charge in [0.2, 0.25) is 17.6 Å². The van der Waals surface area contributed by atoms with E-state index in [0.717, 1.165) is 37.8 Å². The Hall–Kier alpha value is -2.21. The van der Waals surface area contributed by atoms with Gasteiger partial charge in [-0.15, -0.1) is 0 Å². The van der Waals surface area contributed by atoms with Crippen LogP contribution in [0.25, 0.3) is 11.4 Å². The Bertz CT molecular complexity index is 772. The van der Waals surface area contributed by atoms with Crippen molar-refractivity contribution < 1.29 is 14.1 Å². The fourth-order valence-electron chi connectivity index (χ4n) is 4.04. The summed E-state index contributed by atoms with van der Waals surface area (Å²) in [6.45, 7) is 5.50. The number of rotatable bonds is 3. The van der Waals surface area contributed by atoms with Crippen LogP contribution in [0.2, 0.25) is 0 Å². The largest absolute Gasteiger partial charge is 0.376 e. The monoisotopic (exact) mass is 355 g/mol. The molecule has 0 N–H and O–H groups in total. The zero-order valence-corrected chi connectivity index (χ0v) is 15.4. The number of hydrogen-bond acceptors (Lipinski definition) is 5. The van der Waals surface area contributed by atoms with Gasteiger partial charge in [0.1, 0.15) is 6.04 Å². The molecule has 2 atom stereocenters. The van der Waals surface area contributed by atoms with E-state index in [9.17, 15) is 4.79 Å². The number of ether oxygens (including phenoxy) is 1. The minimum absolute atomic E-state index is 0.0101. The molecule has 4 rings (SSSR count). The van der Waals surface area contributed by atoms with Gasteiger partial charge < -0.3 is 14.2 Å². The standard InChI is InChI=1S/C20H25N3O3/c1-20(2)13-15(10-12-25-20)19(24)23-11-6-9-16(23)18-21-17(22-26-18)14-7-4-3-5-8-14/h3-5,7-8,15-16H,6,9-13H2,1-2H3/t15-,16+/m0/s1. The molecule has 0 aliphatic carbocycles. The molecule has 26 heavy (non-hydrogen) atoms. The summed E-state index contributed by atoms with van der Waals surface area (Å²) in [5.41, 5.74) is 0.684. The topological polar surface area (TPSA) is 68.5 Å². The van der Waals surface area contributed by atoms with Crippen molar-refractivity contribution in [2.75, 3.05) is 13.2 Å². The van der Waals surface area contributed by atoms with E-state index in [1.807, 2.05) is 35.2 Å². The van der Waals surface area contributed by atoms with Crippen molar-refractivity contribution in [1.82, 2.24) is 15.0 Å². The number of benzene rings is 1. The number of aromatic nitrogens is 2. The van der Waals surface area contributed by atoms with E-state index in [-0.39, 0.29) is 23.5 Å². The van der Waals surface area contributed by atoms with Gasteiger partial charge in [-0.3, -0.25) is 4.79 Å². The lowest BCUT2D eigenvalue weighted by Crippen LogP contribution is -2.43. The predicted molar refractivity (Wildman–Crippen MR) is 96.2 cm³/mol. The average molecular weight is 355 g/mol. The van der Waals surface area contributed by atoms with Crippen molar-refractivity contribution in [3.8, 4) is 11.4 Å². The third kappa shape index (κ3) is 3.38. The molecular weight excluding hydrogens is 330 g/mol. The Morgan fingerprint density at radius 1 is 1.23 bits per heavy atom. The maximum absolute atomic E-state index is 13.1. The maximum atomic E-state index is 13.1. The first-order chi connectivity index (χ1) is 12.5.